The molecule has 0 aliphatic carbocycles. The summed E-state index contributed by atoms with van der Waals surface area (Å²) < 4.78 is 0. The van der Waals surface area contributed by atoms with E-state index in [1.54, 1.807) is 0 Å². The van der Waals surface area contributed by atoms with E-state index in [1.165, 1.54) is 21.9 Å². The van der Waals surface area contributed by atoms with E-state index in [4.69, 9.17) is 15.0 Å². The first kappa shape index (κ1) is 27.8. The first-order chi connectivity index (χ1) is 23.8. The average molecular weight is 612 g/mol. The minimum Gasteiger partial charge on any atom is -0.256 e. The molecule has 0 amide bonds. The molecule has 0 atom stereocenters. The molecule has 9 aromatic rings. The molecule has 0 unspecified atom stereocenters. The van der Waals surface area contributed by atoms with Gasteiger partial charge in [-0.2, -0.15) is 0 Å². The standard InChI is InChI=1S/C45H29N3/c1-2-9-30(10-3-1)31-17-21-33(22-18-31)44-41-15-6-7-16-42(41)47-45(48-44)34-23-19-32(20-24-34)35-12-8-13-36(27-35)37-25-26-40-39-14-5-4-11-38(39)29-46-43(40)28-37/h1-29H. The topological polar surface area (TPSA) is 38.7 Å². The van der Waals surface area contributed by atoms with Crippen LogP contribution in [-0.2, 0) is 0 Å². The molecular formula is C45H29N3. The third-order valence-electron chi connectivity index (χ3n) is 9.13. The molecule has 0 aliphatic heterocycles. The van der Waals surface area contributed by atoms with E-state index in [9.17, 15) is 0 Å². The van der Waals surface area contributed by atoms with Gasteiger partial charge in [-0.3, -0.25) is 4.98 Å². The van der Waals surface area contributed by atoms with Gasteiger partial charge in [0.2, 0.25) is 0 Å². The third kappa shape index (κ3) is 5.08. The zero-order valence-corrected chi connectivity index (χ0v) is 26.1. The Labute approximate surface area is 278 Å². The summed E-state index contributed by atoms with van der Waals surface area (Å²) in [5, 5.41) is 4.60. The first-order valence-electron chi connectivity index (χ1n) is 16.2. The summed E-state index contributed by atoms with van der Waals surface area (Å²) in [5.41, 5.74) is 11.9. The van der Waals surface area contributed by atoms with Crippen LogP contribution in [0.5, 0.6) is 0 Å². The molecule has 7 aromatic carbocycles. The maximum atomic E-state index is 5.13. The molecule has 0 saturated carbocycles. The van der Waals surface area contributed by atoms with E-state index < -0.39 is 0 Å². The highest BCUT2D eigenvalue weighted by molar-refractivity contribution is 6.06. The van der Waals surface area contributed by atoms with Crippen molar-refractivity contribution in [3.63, 3.8) is 0 Å². The van der Waals surface area contributed by atoms with Crippen molar-refractivity contribution >= 4 is 32.6 Å². The maximum absolute atomic E-state index is 5.13. The van der Waals surface area contributed by atoms with Gasteiger partial charge in [0, 0.05) is 33.5 Å². The van der Waals surface area contributed by atoms with E-state index in [-0.39, 0.29) is 0 Å². The van der Waals surface area contributed by atoms with Gasteiger partial charge in [0.05, 0.1) is 16.7 Å². The van der Waals surface area contributed by atoms with Crippen molar-refractivity contribution in [2.75, 3.05) is 0 Å². The molecule has 0 saturated heterocycles. The summed E-state index contributed by atoms with van der Waals surface area (Å²) in [6.07, 6.45) is 1.96. The fraction of sp³-hybridized carbons (Fsp3) is 0. The lowest BCUT2D eigenvalue weighted by Crippen LogP contribution is -1.95. The van der Waals surface area contributed by atoms with E-state index in [1.807, 2.05) is 24.4 Å². The van der Waals surface area contributed by atoms with Crippen molar-refractivity contribution in [1.29, 1.82) is 0 Å². The van der Waals surface area contributed by atoms with Gasteiger partial charge in [0.1, 0.15) is 0 Å². The van der Waals surface area contributed by atoms with Crippen LogP contribution in [0.1, 0.15) is 0 Å². The molecule has 0 aliphatic rings. The van der Waals surface area contributed by atoms with Crippen LogP contribution < -0.4 is 0 Å². The highest BCUT2D eigenvalue weighted by Crippen LogP contribution is 2.33. The highest BCUT2D eigenvalue weighted by Gasteiger charge is 2.13. The fourth-order valence-electron chi connectivity index (χ4n) is 6.61. The third-order valence-corrected chi connectivity index (χ3v) is 9.13. The molecule has 2 aromatic heterocycles. The lowest BCUT2D eigenvalue weighted by Gasteiger charge is -2.11. The Morgan fingerprint density at radius 2 is 0.875 bits per heavy atom. The Balaban J connectivity index is 1.04. The number of nitrogens with zero attached hydrogens (tertiary/aromatic N) is 3. The number of para-hydroxylation sites is 1. The van der Waals surface area contributed by atoms with Gasteiger partial charge in [0.15, 0.2) is 5.82 Å². The Bertz CT molecular complexity index is 2590. The molecule has 48 heavy (non-hydrogen) atoms. The molecule has 0 N–H and O–H groups in total. The Morgan fingerprint density at radius 1 is 0.312 bits per heavy atom. The zero-order valence-electron chi connectivity index (χ0n) is 26.1. The van der Waals surface area contributed by atoms with Crippen molar-refractivity contribution in [3.8, 4) is 56.0 Å². The predicted molar refractivity (Wildman–Crippen MR) is 200 cm³/mol. The number of hydrogen-bond donors (Lipinski definition) is 0. The fourth-order valence-corrected chi connectivity index (χ4v) is 6.61. The number of aromatic nitrogens is 3. The lowest BCUT2D eigenvalue weighted by molar-refractivity contribution is 1.23. The summed E-state index contributed by atoms with van der Waals surface area (Å²) in [5.74, 6) is 0.715. The normalized spacial score (nSPS) is 11.3. The highest BCUT2D eigenvalue weighted by atomic mass is 14.9. The van der Waals surface area contributed by atoms with Crippen LogP contribution in [0, 0.1) is 0 Å². The largest absolute Gasteiger partial charge is 0.256 e. The van der Waals surface area contributed by atoms with E-state index in [0.717, 1.165) is 60.9 Å². The van der Waals surface area contributed by atoms with Crippen molar-refractivity contribution in [2.45, 2.75) is 0 Å². The Morgan fingerprint density at radius 3 is 1.69 bits per heavy atom. The Hall–Kier alpha value is -6.45. The number of hydrogen-bond acceptors (Lipinski definition) is 3. The number of benzene rings is 7. The second-order valence-corrected chi connectivity index (χ2v) is 12.1. The summed E-state index contributed by atoms with van der Waals surface area (Å²) in [4.78, 5) is 14.9. The van der Waals surface area contributed by atoms with Crippen LogP contribution in [-0.4, -0.2) is 15.0 Å². The number of rotatable bonds is 5. The lowest BCUT2D eigenvalue weighted by atomic mass is 9.97. The average Bonchev–Trinajstić information content (AvgIpc) is 3.18. The molecule has 224 valence electrons. The molecule has 3 nitrogen and oxygen atoms in total. The van der Waals surface area contributed by atoms with Crippen LogP contribution in [0.4, 0.5) is 0 Å². The molecule has 3 heteroatoms. The molecule has 0 bridgehead atoms. The van der Waals surface area contributed by atoms with Gasteiger partial charge in [0.25, 0.3) is 0 Å². The molecular weight excluding hydrogens is 583 g/mol. The molecule has 0 fully saturated rings. The molecule has 9 rings (SSSR count). The molecule has 2 heterocycles. The zero-order chi connectivity index (χ0) is 31.9. The quantitative estimate of drug-likeness (QED) is 0.182. The van der Waals surface area contributed by atoms with E-state index in [0.29, 0.717) is 5.82 Å². The molecule has 0 radical (unpaired) electrons. The van der Waals surface area contributed by atoms with Gasteiger partial charge in [-0.1, -0.05) is 152 Å². The van der Waals surface area contributed by atoms with E-state index >= 15 is 0 Å². The van der Waals surface area contributed by atoms with Crippen LogP contribution >= 0.6 is 0 Å². The van der Waals surface area contributed by atoms with Crippen LogP contribution in [0.25, 0.3) is 88.6 Å². The Kier molecular flexibility index (Phi) is 6.80. The maximum Gasteiger partial charge on any atom is 0.160 e. The minimum atomic E-state index is 0.715. The monoisotopic (exact) mass is 611 g/mol. The van der Waals surface area contributed by atoms with Crippen molar-refractivity contribution in [3.05, 3.63) is 176 Å². The van der Waals surface area contributed by atoms with Gasteiger partial charge >= 0.3 is 0 Å². The van der Waals surface area contributed by atoms with Crippen molar-refractivity contribution in [2.24, 2.45) is 0 Å². The first-order valence-corrected chi connectivity index (χ1v) is 16.2. The van der Waals surface area contributed by atoms with Gasteiger partial charge in [-0.05, 0) is 57.0 Å². The van der Waals surface area contributed by atoms with E-state index in [2.05, 4.69) is 152 Å². The number of fused-ring (bicyclic) bond motifs is 4. The van der Waals surface area contributed by atoms with Gasteiger partial charge in [-0.25, -0.2) is 9.97 Å². The molecule has 0 spiro atoms. The predicted octanol–water partition coefficient (Wildman–Crippen LogP) is 11.7. The van der Waals surface area contributed by atoms with Crippen molar-refractivity contribution < 1.29 is 0 Å². The van der Waals surface area contributed by atoms with Gasteiger partial charge in [-0.15, -0.1) is 0 Å². The summed E-state index contributed by atoms with van der Waals surface area (Å²) in [7, 11) is 0. The van der Waals surface area contributed by atoms with Crippen LogP contribution in [0.3, 0.4) is 0 Å². The number of pyridine rings is 1. The van der Waals surface area contributed by atoms with Crippen LogP contribution in [0.15, 0.2) is 176 Å². The minimum absolute atomic E-state index is 0.715. The van der Waals surface area contributed by atoms with Crippen molar-refractivity contribution in [1.82, 2.24) is 15.0 Å². The smallest absolute Gasteiger partial charge is 0.160 e. The second kappa shape index (κ2) is 11.7. The summed E-state index contributed by atoms with van der Waals surface area (Å²) in [6, 6.07) is 59.6. The summed E-state index contributed by atoms with van der Waals surface area (Å²) >= 11 is 0. The summed E-state index contributed by atoms with van der Waals surface area (Å²) in [6.45, 7) is 0. The van der Waals surface area contributed by atoms with Crippen LogP contribution in [0.2, 0.25) is 0 Å². The van der Waals surface area contributed by atoms with Gasteiger partial charge < -0.3 is 0 Å². The second-order valence-electron chi connectivity index (χ2n) is 12.1. The SMILES string of the molecule is c1ccc(-c2ccc(-c3nc(-c4ccc(-c5cccc(-c6ccc7c(c6)ncc6ccccc67)c5)cc4)nc4ccccc34)cc2)cc1.